The number of nitrogens with zero attached hydrogens (tertiary/aromatic N) is 2. The number of hydrogen-bond acceptors (Lipinski definition) is 6. The van der Waals surface area contributed by atoms with Crippen LogP contribution in [-0.4, -0.2) is 45.4 Å². The summed E-state index contributed by atoms with van der Waals surface area (Å²) in [6, 6.07) is 3.26. The van der Waals surface area contributed by atoms with Gasteiger partial charge < -0.3 is 19.7 Å². The normalized spacial score (nSPS) is 15.0. The van der Waals surface area contributed by atoms with Crippen molar-refractivity contribution in [2.45, 2.75) is 0 Å². The Bertz CT molecular complexity index is 656. The highest BCUT2D eigenvalue weighted by molar-refractivity contribution is 7.14. The highest BCUT2D eigenvalue weighted by Crippen LogP contribution is 2.37. The lowest BCUT2D eigenvalue weighted by molar-refractivity contribution is 0.122. The minimum Gasteiger partial charge on any atom is -0.493 e. The molecule has 1 aromatic heterocycles. The zero-order chi connectivity index (χ0) is 15.5. The van der Waals surface area contributed by atoms with Crippen molar-refractivity contribution in [3.8, 4) is 17.0 Å². The molecule has 1 saturated heterocycles. The second kappa shape index (κ2) is 6.50. The number of halogens is 1. The Balaban J connectivity index is 1.96. The second-order valence-electron chi connectivity index (χ2n) is 4.90. The van der Waals surface area contributed by atoms with Crippen molar-refractivity contribution in [3.05, 3.63) is 23.3 Å². The van der Waals surface area contributed by atoms with Crippen LogP contribution in [0.5, 0.6) is 5.75 Å². The first-order chi connectivity index (χ1) is 10.7. The molecule has 1 aromatic carbocycles. The molecular formula is C15H18FN3O2S. The van der Waals surface area contributed by atoms with Gasteiger partial charge in [0.2, 0.25) is 0 Å². The summed E-state index contributed by atoms with van der Waals surface area (Å²) in [5.41, 5.74) is 2.07. The van der Waals surface area contributed by atoms with Gasteiger partial charge >= 0.3 is 0 Å². The number of morpholine rings is 1. The zero-order valence-electron chi connectivity index (χ0n) is 12.6. The Kier molecular flexibility index (Phi) is 4.44. The summed E-state index contributed by atoms with van der Waals surface area (Å²) in [6.07, 6.45) is 0. The largest absolute Gasteiger partial charge is 0.493 e. The van der Waals surface area contributed by atoms with Crippen LogP contribution in [0.2, 0.25) is 0 Å². The Labute approximate surface area is 132 Å². The average Bonchev–Trinajstić information content (AvgIpc) is 3.04. The van der Waals surface area contributed by atoms with Crippen LogP contribution in [0.15, 0.2) is 17.5 Å². The van der Waals surface area contributed by atoms with Gasteiger partial charge in [-0.25, -0.2) is 9.37 Å². The van der Waals surface area contributed by atoms with Crippen LogP contribution < -0.4 is 15.0 Å². The minimum absolute atomic E-state index is 0.220. The van der Waals surface area contributed by atoms with Crippen LogP contribution in [-0.2, 0) is 4.74 Å². The molecule has 0 radical (unpaired) electrons. The molecular weight excluding hydrogens is 305 g/mol. The number of benzene rings is 1. The molecule has 0 amide bonds. The Morgan fingerprint density at radius 3 is 2.82 bits per heavy atom. The van der Waals surface area contributed by atoms with Gasteiger partial charge in [-0.2, -0.15) is 0 Å². The molecule has 0 saturated carbocycles. The molecule has 1 fully saturated rings. The highest BCUT2D eigenvalue weighted by Gasteiger charge is 2.19. The maximum atomic E-state index is 14.1. The molecule has 0 atom stereocenters. The van der Waals surface area contributed by atoms with E-state index >= 15 is 0 Å². The minimum atomic E-state index is -0.398. The van der Waals surface area contributed by atoms with E-state index in [0.717, 1.165) is 23.9 Å². The van der Waals surface area contributed by atoms with Crippen LogP contribution in [0, 0.1) is 5.82 Å². The van der Waals surface area contributed by atoms with E-state index in [0.29, 0.717) is 24.5 Å². The van der Waals surface area contributed by atoms with Crippen LogP contribution >= 0.6 is 11.3 Å². The molecule has 22 heavy (non-hydrogen) atoms. The monoisotopic (exact) mass is 323 g/mol. The van der Waals surface area contributed by atoms with Gasteiger partial charge in [-0.3, -0.25) is 0 Å². The molecule has 1 aliphatic heterocycles. The molecule has 5 nitrogen and oxygen atoms in total. The summed E-state index contributed by atoms with van der Waals surface area (Å²) in [5.74, 6) is -0.178. The molecule has 7 heteroatoms. The van der Waals surface area contributed by atoms with Crippen LogP contribution in [0.3, 0.4) is 0 Å². The number of nitrogens with one attached hydrogen (secondary N) is 1. The number of ether oxygens (including phenoxy) is 2. The highest BCUT2D eigenvalue weighted by atomic mass is 32.1. The van der Waals surface area contributed by atoms with Crippen molar-refractivity contribution in [2.75, 3.05) is 50.7 Å². The van der Waals surface area contributed by atoms with E-state index in [4.69, 9.17) is 9.47 Å². The van der Waals surface area contributed by atoms with Crippen molar-refractivity contribution >= 4 is 22.2 Å². The lowest BCUT2D eigenvalue weighted by atomic mass is 10.1. The fraction of sp³-hybridized carbons (Fsp3) is 0.400. The smallest absolute Gasteiger partial charge is 0.186 e. The lowest BCUT2D eigenvalue weighted by Gasteiger charge is -2.26. The number of anilines is 2. The van der Waals surface area contributed by atoms with Gasteiger partial charge in [0.15, 0.2) is 16.7 Å². The summed E-state index contributed by atoms with van der Waals surface area (Å²) in [7, 11) is 3.22. The van der Waals surface area contributed by atoms with Crippen molar-refractivity contribution in [2.24, 2.45) is 0 Å². The maximum Gasteiger partial charge on any atom is 0.186 e. The second-order valence-corrected chi connectivity index (χ2v) is 5.74. The molecule has 0 aliphatic carbocycles. The van der Waals surface area contributed by atoms with Crippen molar-refractivity contribution in [1.29, 1.82) is 0 Å². The topological polar surface area (TPSA) is 46.6 Å². The van der Waals surface area contributed by atoms with Gasteiger partial charge in [-0.15, -0.1) is 11.3 Å². The van der Waals surface area contributed by atoms with E-state index in [-0.39, 0.29) is 5.75 Å². The molecule has 2 aromatic rings. The molecule has 1 N–H and O–H groups in total. The summed E-state index contributed by atoms with van der Waals surface area (Å²) in [5, 5.41) is 5.81. The summed E-state index contributed by atoms with van der Waals surface area (Å²) in [6.45, 7) is 3.08. The number of aromatic nitrogens is 1. The first-order valence-electron chi connectivity index (χ1n) is 7.07. The quantitative estimate of drug-likeness (QED) is 0.937. The maximum absolute atomic E-state index is 14.1. The first kappa shape index (κ1) is 15.1. The van der Waals surface area contributed by atoms with E-state index in [2.05, 4.69) is 15.2 Å². The van der Waals surface area contributed by atoms with Gasteiger partial charge in [0.25, 0.3) is 0 Å². The van der Waals surface area contributed by atoms with E-state index < -0.39 is 5.82 Å². The standard InChI is InChI=1S/C15H18FN3O2S/c1-17-10-7-11(14(20-2)12(16)8-10)13-9-22-15(18-13)19-3-5-21-6-4-19/h7-9,17H,3-6H2,1-2H3. The van der Waals surface area contributed by atoms with Crippen molar-refractivity contribution < 1.29 is 13.9 Å². The third-order valence-corrected chi connectivity index (χ3v) is 4.49. The number of thiazole rings is 1. The number of methoxy groups -OCH3 is 1. The van der Waals surface area contributed by atoms with E-state index in [9.17, 15) is 4.39 Å². The fourth-order valence-corrected chi connectivity index (χ4v) is 3.30. The predicted octanol–water partition coefficient (Wildman–Crippen LogP) is 2.84. The number of hydrogen-bond donors (Lipinski definition) is 1. The van der Waals surface area contributed by atoms with Crippen LogP contribution in [0.25, 0.3) is 11.3 Å². The fourth-order valence-electron chi connectivity index (χ4n) is 2.42. The molecule has 3 rings (SSSR count). The molecule has 0 unspecified atom stereocenters. The van der Waals surface area contributed by atoms with Crippen LogP contribution in [0.4, 0.5) is 15.2 Å². The molecule has 2 heterocycles. The third kappa shape index (κ3) is 2.86. The summed E-state index contributed by atoms with van der Waals surface area (Å²) >= 11 is 1.55. The SMILES string of the molecule is CNc1cc(F)c(OC)c(-c2csc(N3CCOCC3)n2)c1. The van der Waals surface area contributed by atoms with Gasteiger partial charge in [-0.05, 0) is 6.07 Å². The van der Waals surface area contributed by atoms with Gasteiger partial charge in [-0.1, -0.05) is 0 Å². The summed E-state index contributed by atoms with van der Waals surface area (Å²) in [4.78, 5) is 6.83. The number of rotatable bonds is 4. The lowest BCUT2D eigenvalue weighted by Crippen LogP contribution is -2.36. The zero-order valence-corrected chi connectivity index (χ0v) is 13.4. The van der Waals surface area contributed by atoms with Gasteiger partial charge in [0, 0.05) is 42.8 Å². The third-order valence-electron chi connectivity index (χ3n) is 3.59. The predicted molar refractivity (Wildman–Crippen MR) is 86.6 cm³/mol. The molecule has 0 bridgehead atoms. The first-order valence-corrected chi connectivity index (χ1v) is 7.94. The molecule has 118 valence electrons. The van der Waals surface area contributed by atoms with Gasteiger partial charge in [0.05, 0.1) is 26.0 Å². The van der Waals surface area contributed by atoms with E-state index in [1.807, 2.05) is 11.4 Å². The Morgan fingerprint density at radius 1 is 1.36 bits per heavy atom. The average molecular weight is 323 g/mol. The van der Waals surface area contributed by atoms with E-state index in [1.54, 1.807) is 18.4 Å². The van der Waals surface area contributed by atoms with E-state index in [1.165, 1.54) is 13.2 Å². The Morgan fingerprint density at radius 2 is 2.14 bits per heavy atom. The van der Waals surface area contributed by atoms with Crippen molar-refractivity contribution in [3.63, 3.8) is 0 Å². The van der Waals surface area contributed by atoms with Crippen LogP contribution in [0.1, 0.15) is 0 Å². The van der Waals surface area contributed by atoms with Crippen molar-refractivity contribution in [1.82, 2.24) is 4.98 Å². The molecule has 0 spiro atoms. The van der Waals surface area contributed by atoms with Gasteiger partial charge in [0.1, 0.15) is 0 Å². The summed E-state index contributed by atoms with van der Waals surface area (Å²) < 4.78 is 24.7. The Hall–Kier alpha value is -1.86. The molecule has 1 aliphatic rings.